The standard InChI is InChI=1S/C14H20N2O2/c1-9-7-11(17)5-6-12(9)14(18)16-8-10-3-2-4-13(10)15/h5-7,10,13,17H,2-4,8,15H2,1H3,(H,16,18). The van der Waals surface area contributed by atoms with Gasteiger partial charge in [0.25, 0.3) is 5.91 Å². The van der Waals surface area contributed by atoms with Gasteiger partial charge in [-0.1, -0.05) is 6.42 Å². The molecule has 0 radical (unpaired) electrons. The number of aryl methyl sites for hydroxylation is 1. The third-order valence-electron chi connectivity index (χ3n) is 3.70. The number of nitrogens with two attached hydrogens (primary N) is 1. The van der Waals surface area contributed by atoms with Gasteiger partial charge in [-0.3, -0.25) is 4.79 Å². The molecule has 2 unspecified atom stereocenters. The number of carbonyl (C=O) groups is 1. The molecule has 1 aliphatic rings. The first-order valence-electron chi connectivity index (χ1n) is 6.41. The molecule has 0 bridgehead atoms. The van der Waals surface area contributed by atoms with Crippen molar-refractivity contribution in [3.8, 4) is 5.75 Å². The summed E-state index contributed by atoms with van der Waals surface area (Å²) in [5.41, 5.74) is 7.36. The molecule has 4 heteroatoms. The van der Waals surface area contributed by atoms with Crippen LogP contribution in [0.4, 0.5) is 0 Å². The highest BCUT2D eigenvalue weighted by Crippen LogP contribution is 2.23. The predicted octanol–water partition coefficient (Wildman–Crippen LogP) is 1.56. The lowest BCUT2D eigenvalue weighted by Crippen LogP contribution is -2.36. The van der Waals surface area contributed by atoms with Crippen LogP contribution < -0.4 is 11.1 Å². The van der Waals surface area contributed by atoms with E-state index in [1.54, 1.807) is 12.1 Å². The van der Waals surface area contributed by atoms with Crippen LogP contribution in [-0.2, 0) is 0 Å². The summed E-state index contributed by atoms with van der Waals surface area (Å²) in [6.45, 7) is 2.45. The number of benzene rings is 1. The number of carbonyl (C=O) groups excluding carboxylic acids is 1. The summed E-state index contributed by atoms with van der Waals surface area (Å²) in [4.78, 5) is 12.0. The molecule has 1 aromatic rings. The Bertz CT molecular complexity index is 445. The maximum absolute atomic E-state index is 12.0. The molecular weight excluding hydrogens is 228 g/mol. The van der Waals surface area contributed by atoms with Gasteiger partial charge in [0.2, 0.25) is 0 Å². The number of hydrogen-bond acceptors (Lipinski definition) is 3. The monoisotopic (exact) mass is 248 g/mol. The molecule has 0 aromatic heterocycles. The van der Waals surface area contributed by atoms with Crippen molar-refractivity contribution in [3.63, 3.8) is 0 Å². The topological polar surface area (TPSA) is 75.3 Å². The quantitative estimate of drug-likeness (QED) is 0.759. The van der Waals surface area contributed by atoms with E-state index in [0.717, 1.165) is 24.8 Å². The zero-order valence-corrected chi connectivity index (χ0v) is 10.6. The van der Waals surface area contributed by atoms with Crippen LogP contribution in [0.2, 0.25) is 0 Å². The fraction of sp³-hybridized carbons (Fsp3) is 0.500. The summed E-state index contributed by atoms with van der Waals surface area (Å²) in [7, 11) is 0. The largest absolute Gasteiger partial charge is 0.508 e. The second kappa shape index (κ2) is 5.40. The van der Waals surface area contributed by atoms with Crippen molar-refractivity contribution in [1.82, 2.24) is 5.32 Å². The number of phenols is 1. The van der Waals surface area contributed by atoms with Gasteiger partial charge < -0.3 is 16.2 Å². The molecule has 0 saturated heterocycles. The Morgan fingerprint density at radius 1 is 1.50 bits per heavy atom. The third kappa shape index (κ3) is 2.82. The van der Waals surface area contributed by atoms with Crippen molar-refractivity contribution in [2.75, 3.05) is 6.54 Å². The first-order valence-corrected chi connectivity index (χ1v) is 6.41. The van der Waals surface area contributed by atoms with Gasteiger partial charge in [-0.05, 0) is 49.4 Å². The summed E-state index contributed by atoms with van der Waals surface area (Å²) >= 11 is 0. The maximum atomic E-state index is 12.0. The molecule has 98 valence electrons. The second-order valence-corrected chi connectivity index (χ2v) is 5.06. The Hall–Kier alpha value is -1.55. The summed E-state index contributed by atoms with van der Waals surface area (Å²) in [5.74, 6) is 0.486. The lowest BCUT2D eigenvalue weighted by atomic mass is 10.0. The van der Waals surface area contributed by atoms with Crippen LogP contribution in [0.5, 0.6) is 5.75 Å². The van der Waals surface area contributed by atoms with E-state index < -0.39 is 0 Å². The van der Waals surface area contributed by atoms with Gasteiger partial charge in [-0.15, -0.1) is 0 Å². The van der Waals surface area contributed by atoms with Gasteiger partial charge in [0.15, 0.2) is 0 Å². The van der Waals surface area contributed by atoms with Crippen LogP contribution in [0.15, 0.2) is 18.2 Å². The first kappa shape index (κ1) is 12.9. The molecule has 0 heterocycles. The number of nitrogens with one attached hydrogen (secondary N) is 1. The Balaban J connectivity index is 1.95. The van der Waals surface area contributed by atoms with Crippen LogP contribution in [-0.4, -0.2) is 23.6 Å². The van der Waals surface area contributed by atoms with E-state index in [0.29, 0.717) is 18.0 Å². The molecule has 1 aliphatic carbocycles. The number of hydrogen-bond donors (Lipinski definition) is 3. The number of amides is 1. The Kier molecular flexibility index (Phi) is 3.87. The van der Waals surface area contributed by atoms with Gasteiger partial charge in [0.1, 0.15) is 5.75 Å². The predicted molar refractivity (Wildman–Crippen MR) is 70.5 cm³/mol. The molecule has 1 saturated carbocycles. The van der Waals surface area contributed by atoms with E-state index in [1.807, 2.05) is 6.92 Å². The van der Waals surface area contributed by atoms with E-state index in [1.165, 1.54) is 6.07 Å². The van der Waals surface area contributed by atoms with Crippen LogP contribution in [0.3, 0.4) is 0 Å². The van der Waals surface area contributed by atoms with Gasteiger partial charge in [-0.25, -0.2) is 0 Å². The molecule has 18 heavy (non-hydrogen) atoms. The summed E-state index contributed by atoms with van der Waals surface area (Å²) in [6.07, 6.45) is 3.30. The molecule has 1 aromatic carbocycles. The van der Waals surface area contributed by atoms with Crippen molar-refractivity contribution in [1.29, 1.82) is 0 Å². The van der Waals surface area contributed by atoms with E-state index in [2.05, 4.69) is 5.32 Å². The van der Waals surface area contributed by atoms with Crippen molar-refractivity contribution < 1.29 is 9.90 Å². The normalized spacial score (nSPS) is 23.0. The Morgan fingerprint density at radius 3 is 2.89 bits per heavy atom. The van der Waals surface area contributed by atoms with Crippen LogP contribution in [0, 0.1) is 12.8 Å². The lowest BCUT2D eigenvalue weighted by molar-refractivity contribution is 0.0946. The van der Waals surface area contributed by atoms with Gasteiger partial charge in [0, 0.05) is 18.2 Å². The lowest BCUT2D eigenvalue weighted by Gasteiger charge is -2.16. The maximum Gasteiger partial charge on any atom is 0.251 e. The molecule has 4 nitrogen and oxygen atoms in total. The smallest absolute Gasteiger partial charge is 0.251 e. The minimum absolute atomic E-state index is 0.0911. The van der Waals surface area contributed by atoms with Gasteiger partial charge >= 0.3 is 0 Å². The molecule has 1 fully saturated rings. The summed E-state index contributed by atoms with van der Waals surface area (Å²) in [5, 5.41) is 12.2. The van der Waals surface area contributed by atoms with Crippen molar-refractivity contribution >= 4 is 5.91 Å². The minimum atomic E-state index is -0.0911. The Morgan fingerprint density at radius 2 is 2.28 bits per heavy atom. The number of aromatic hydroxyl groups is 1. The minimum Gasteiger partial charge on any atom is -0.508 e. The zero-order valence-electron chi connectivity index (χ0n) is 10.6. The van der Waals surface area contributed by atoms with Crippen LogP contribution in [0.25, 0.3) is 0 Å². The molecule has 2 rings (SSSR count). The van der Waals surface area contributed by atoms with Crippen molar-refractivity contribution in [3.05, 3.63) is 29.3 Å². The van der Waals surface area contributed by atoms with Crippen molar-refractivity contribution in [2.24, 2.45) is 11.7 Å². The summed E-state index contributed by atoms with van der Waals surface area (Å²) in [6, 6.07) is 4.99. The molecule has 0 spiro atoms. The molecule has 2 atom stereocenters. The SMILES string of the molecule is Cc1cc(O)ccc1C(=O)NCC1CCCC1N. The van der Waals surface area contributed by atoms with E-state index >= 15 is 0 Å². The molecular formula is C14H20N2O2. The average molecular weight is 248 g/mol. The van der Waals surface area contributed by atoms with Gasteiger partial charge in [0.05, 0.1) is 0 Å². The van der Waals surface area contributed by atoms with E-state index in [9.17, 15) is 9.90 Å². The highest BCUT2D eigenvalue weighted by molar-refractivity contribution is 5.95. The fourth-order valence-corrected chi connectivity index (χ4v) is 2.54. The average Bonchev–Trinajstić information content (AvgIpc) is 2.72. The molecule has 0 aliphatic heterocycles. The second-order valence-electron chi connectivity index (χ2n) is 5.06. The highest BCUT2D eigenvalue weighted by atomic mass is 16.3. The highest BCUT2D eigenvalue weighted by Gasteiger charge is 2.24. The summed E-state index contributed by atoms with van der Waals surface area (Å²) < 4.78 is 0. The van der Waals surface area contributed by atoms with Gasteiger partial charge in [-0.2, -0.15) is 0 Å². The van der Waals surface area contributed by atoms with Crippen LogP contribution in [0.1, 0.15) is 35.2 Å². The fourth-order valence-electron chi connectivity index (χ4n) is 2.54. The third-order valence-corrected chi connectivity index (χ3v) is 3.70. The molecule has 4 N–H and O–H groups in total. The first-order chi connectivity index (χ1) is 8.58. The number of phenolic OH excluding ortho intramolecular Hbond substituents is 1. The molecule has 1 amide bonds. The van der Waals surface area contributed by atoms with Crippen molar-refractivity contribution in [2.45, 2.75) is 32.2 Å². The van der Waals surface area contributed by atoms with E-state index in [-0.39, 0.29) is 17.7 Å². The number of rotatable bonds is 3. The Labute approximate surface area is 107 Å². The van der Waals surface area contributed by atoms with Crippen LogP contribution >= 0.6 is 0 Å². The zero-order chi connectivity index (χ0) is 13.1. The van der Waals surface area contributed by atoms with E-state index in [4.69, 9.17) is 5.73 Å².